The largest absolute Gasteiger partial charge is 0.322 e. The van der Waals surface area contributed by atoms with Crippen LogP contribution in [-0.2, 0) is 10.0 Å². The molecule has 6 nitrogen and oxygen atoms in total. The Morgan fingerprint density at radius 2 is 1.75 bits per heavy atom. The fourth-order valence-corrected chi connectivity index (χ4v) is 5.40. The molecule has 3 rings (SSSR count). The fourth-order valence-electron chi connectivity index (χ4n) is 3.95. The zero-order chi connectivity index (χ0) is 22.8. The molecule has 1 heterocycles. The van der Waals surface area contributed by atoms with Crippen molar-refractivity contribution in [3.8, 4) is 0 Å². The Hall–Kier alpha value is -2.00. The Labute approximate surface area is 196 Å². The number of carbonyl (C=O) groups is 1. The number of rotatable bonds is 6. The maximum atomic E-state index is 15.1. The number of carbonyl (C=O) groups excluding carboxylic acids is 1. The molecule has 0 bridgehead atoms. The molecule has 2 aromatic rings. The Bertz CT molecular complexity index is 1070. The molecule has 2 aromatic carbocycles. The van der Waals surface area contributed by atoms with Gasteiger partial charge in [0.25, 0.3) is 5.91 Å². The van der Waals surface area contributed by atoms with Crippen LogP contribution in [0.1, 0.15) is 41.3 Å². The number of hydrogen-bond donors (Lipinski definition) is 2. The Morgan fingerprint density at radius 1 is 1.12 bits per heavy atom. The molecule has 1 unspecified atom stereocenters. The number of nitrogens with one attached hydrogen (secondary N) is 2. The maximum Gasteiger partial charge on any atom is 0.255 e. The van der Waals surface area contributed by atoms with Crippen LogP contribution in [0.2, 0.25) is 0 Å². The molecule has 0 radical (unpaired) electrons. The lowest BCUT2D eigenvalue weighted by molar-refractivity contribution is 0.102. The van der Waals surface area contributed by atoms with E-state index < -0.39 is 20.7 Å². The molecule has 176 valence electrons. The molecule has 0 spiro atoms. The molecule has 1 amide bonds. The second-order valence-electron chi connectivity index (χ2n) is 8.37. The van der Waals surface area contributed by atoms with Crippen LogP contribution in [0, 0.1) is 25.6 Å². The quantitative estimate of drug-likeness (QED) is 0.647. The van der Waals surface area contributed by atoms with Crippen LogP contribution >= 0.6 is 12.4 Å². The SMILES string of the molecule is Cc1ccccc1C(=O)Nc1ccc(S(=O)(=O)NC(C)C2CCN(C)CC2)c(F)c1C.Cl. The maximum absolute atomic E-state index is 15.1. The highest BCUT2D eigenvalue weighted by Crippen LogP contribution is 2.27. The molecular formula is C23H31ClFN3O3S. The van der Waals surface area contributed by atoms with Crippen LogP contribution in [0.5, 0.6) is 0 Å². The summed E-state index contributed by atoms with van der Waals surface area (Å²) in [6.45, 7) is 6.94. The van der Waals surface area contributed by atoms with Crippen LogP contribution in [0.4, 0.5) is 10.1 Å². The van der Waals surface area contributed by atoms with Gasteiger partial charge in [-0.1, -0.05) is 18.2 Å². The highest BCUT2D eigenvalue weighted by Gasteiger charge is 2.29. The van der Waals surface area contributed by atoms with Gasteiger partial charge in [0.1, 0.15) is 10.7 Å². The molecule has 1 aliphatic rings. The number of piperidine rings is 1. The number of hydrogen-bond acceptors (Lipinski definition) is 4. The third-order valence-corrected chi connectivity index (χ3v) is 7.67. The summed E-state index contributed by atoms with van der Waals surface area (Å²) in [7, 11) is -1.99. The van der Waals surface area contributed by atoms with E-state index in [-0.39, 0.29) is 41.5 Å². The molecular weight excluding hydrogens is 453 g/mol. The first kappa shape index (κ1) is 26.3. The minimum Gasteiger partial charge on any atom is -0.322 e. The lowest BCUT2D eigenvalue weighted by Crippen LogP contribution is -2.43. The van der Waals surface area contributed by atoms with Crippen LogP contribution in [-0.4, -0.2) is 45.4 Å². The van der Waals surface area contributed by atoms with Crippen LogP contribution < -0.4 is 10.0 Å². The van der Waals surface area contributed by atoms with E-state index in [1.54, 1.807) is 12.1 Å². The average Bonchev–Trinajstić information content (AvgIpc) is 2.71. The van der Waals surface area contributed by atoms with Gasteiger partial charge in [0.05, 0.1) is 0 Å². The summed E-state index contributed by atoms with van der Waals surface area (Å²) in [5.74, 6) is -1.02. The van der Waals surface area contributed by atoms with Crippen molar-refractivity contribution < 1.29 is 17.6 Å². The number of sulfonamides is 1. The van der Waals surface area contributed by atoms with E-state index in [9.17, 15) is 13.2 Å². The lowest BCUT2D eigenvalue weighted by atomic mass is 9.91. The summed E-state index contributed by atoms with van der Waals surface area (Å²) in [6.07, 6.45) is 1.79. The van der Waals surface area contributed by atoms with Crippen LogP contribution in [0.25, 0.3) is 0 Å². The van der Waals surface area contributed by atoms with E-state index in [0.717, 1.165) is 31.5 Å². The summed E-state index contributed by atoms with van der Waals surface area (Å²) in [6, 6.07) is 9.43. The van der Waals surface area contributed by atoms with Crippen molar-refractivity contribution in [1.82, 2.24) is 9.62 Å². The summed E-state index contributed by atoms with van der Waals surface area (Å²) in [4.78, 5) is 14.4. The average molecular weight is 484 g/mol. The van der Waals surface area contributed by atoms with Gasteiger partial charge in [-0.25, -0.2) is 17.5 Å². The highest BCUT2D eigenvalue weighted by molar-refractivity contribution is 7.89. The highest BCUT2D eigenvalue weighted by atomic mass is 35.5. The van der Waals surface area contributed by atoms with Gasteiger partial charge < -0.3 is 10.2 Å². The van der Waals surface area contributed by atoms with Gasteiger partial charge in [-0.15, -0.1) is 12.4 Å². The Kier molecular flexibility index (Phi) is 8.82. The molecule has 1 fully saturated rings. The summed E-state index contributed by atoms with van der Waals surface area (Å²) < 4.78 is 43.4. The normalized spacial score (nSPS) is 16.3. The fraction of sp³-hybridized carbons (Fsp3) is 0.435. The van der Waals surface area contributed by atoms with Crippen molar-refractivity contribution in [1.29, 1.82) is 0 Å². The van der Waals surface area contributed by atoms with Crippen molar-refractivity contribution in [3.63, 3.8) is 0 Å². The van der Waals surface area contributed by atoms with Gasteiger partial charge >= 0.3 is 0 Å². The minimum absolute atomic E-state index is 0. The zero-order valence-electron chi connectivity index (χ0n) is 18.8. The molecule has 0 aliphatic carbocycles. The van der Waals surface area contributed by atoms with E-state index in [0.29, 0.717) is 5.56 Å². The summed E-state index contributed by atoms with van der Waals surface area (Å²) >= 11 is 0. The van der Waals surface area contributed by atoms with Crippen molar-refractivity contribution in [3.05, 3.63) is 58.9 Å². The predicted molar refractivity (Wildman–Crippen MR) is 128 cm³/mol. The van der Waals surface area contributed by atoms with Crippen molar-refractivity contribution in [2.45, 2.75) is 44.6 Å². The molecule has 0 aromatic heterocycles. The smallest absolute Gasteiger partial charge is 0.255 e. The van der Waals surface area contributed by atoms with Gasteiger partial charge in [0, 0.05) is 22.9 Å². The molecule has 0 saturated carbocycles. The third kappa shape index (κ3) is 5.86. The molecule has 32 heavy (non-hydrogen) atoms. The first-order valence-corrected chi connectivity index (χ1v) is 12.0. The molecule has 1 atom stereocenters. The van der Waals surface area contributed by atoms with E-state index in [1.807, 2.05) is 33.0 Å². The van der Waals surface area contributed by atoms with Crippen LogP contribution in [0.15, 0.2) is 41.3 Å². The van der Waals surface area contributed by atoms with E-state index in [4.69, 9.17) is 0 Å². The molecule has 2 N–H and O–H groups in total. The predicted octanol–water partition coefficient (Wildman–Crippen LogP) is 4.13. The lowest BCUT2D eigenvalue weighted by Gasteiger charge is -2.32. The molecule has 9 heteroatoms. The minimum atomic E-state index is -4.03. The summed E-state index contributed by atoms with van der Waals surface area (Å²) in [5.41, 5.74) is 1.60. The topological polar surface area (TPSA) is 78.5 Å². The van der Waals surface area contributed by atoms with Gasteiger partial charge in [-0.3, -0.25) is 4.79 Å². The second-order valence-corrected chi connectivity index (χ2v) is 10.1. The van der Waals surface area contributed by atoms with Gasteiger partial charge in [-0.2, -0.15) is 0 Å². The number of amides is 1. The van der Waals surface area contributed by atoms with E-state index in [2.05, 4.69) is 14.9 Å². The van der Waals surface area contributed by atoms with Gasteiger partial charge in [0.15, 0.2) is 0 Å². The first-order valence-electron chi connectivity index (χ1n) is 10.5. The molecule has 1 saturated heterocycles. The molecule has 1 aliphatic heterocycles. The van der Waals surface area contributed by atoms with Crippen molar-refractivity contribution in [2.24, 2.45) is 5.92 Å². The Morgan fingerprint density at radius 3 is 2.38 bits per heavy atom. The monoisotopic (exact) mass is 483 g/mol. The number of aryl methyl sites for hydroxylation is 1. The number of halogens is 2. The Balaban J connectivity index is 0.00000363. The number of benzene rings is 2. The number of nitrogens with zero attached hydrogens (tertiary/aromatic N) is 1. The van der Waals surface area contributed by atoms with Crippen molar-refractivity contribution in [2.75, 3.05) is 25.5 Å². The van der Waals surface area contributed by atoms with Crippen LogP contribution in [0.3, 0.4) is 0 Å². The summed E-state index contributed by atoms with van der Waals surface area (Å²) in [5, 5.41) is 2.68. The first-order chi connectivity index (χ1) is 14.6. The number of likely N-dealkylation sites (tertiary alicyclic amines) is 1. The van der Waals surface area contributed by atoms with Crippen molar-refractivity contribution >= 4 is 34.0 Å². The standard InChI is InChI=1S/C23H30FN3O3S.ClH/c1-15-7-5-6-8-19(15)23(28)25-20-9-10-21(22(24)16(20)2)31(29,30)26-17(3)18-11-13-27(4)14-12-18;/h5-10,17-18,26H,11-14H2,1-4H3,(H,25,28);1H. The van der Waals surface area contributed by atoms with Gasteiger partial charge in [0.2, 0.25) is 10.0 Å². The third-order valence-electron chi connectivity index (χ3n) is 6.09. The zero-order valence-corrected chi connectivity index (χ0v) is 20.4. The second kappa shape index (κ2) is 10.7. The van der Waals surface area contributed by atoms with E-state index in [1.165, 1.54) is 19.1 Å². The van der Waals surface area contributed by atoms with Gasteiger partial charge in [-0.05, 0) is 83.4 Å². The van der Waals surface area contributed by atoms with E-state index >= 15 is 4.39 Å². The number of anilines is 1.